The summed E-state index contributed by atoms with van der Waals surface area (Å²) < 4.78 is 12.1. The quantitative estimate of drug-likeness (QED) is 0.514. The maximum Gasteiger partial charge on any atom is 0.287 e. The van der Waals surface area contributed by atoms with E-state index in [9.17, 15) is 9.59 Å². The first-order valence-electron chi connectivity index (χ1n) is 9.16. The zero-order valence-electron chi connectivity index (χ0n) is 15.7. The van der Waals surface area contributed by atoms with Crippen LogP contribution in [0.2, 0.25) is 0 Å². The molecule has 2 aromatic carbocycles. The van der Waals surface area contributed by atoms with Crippen LogP contribution in [-0.2, 0) is 17.8 Å². The van der Waals surface area contributed by atoms with Crippen LogP contribution in [0.1, 0.15) is 21.9 Å². The molecule has 2 amide bonds. The molecule has 7 heteroatoms. The normalized spacial score (nSPS) is 10.4. The standard InChI is InChI=1S/C22H21BrN2O4/c23-17-6-8-18(9-7-17)28-15-19-10-11-20(29-19)22(27)25-14-21(26)24-13-12-16-4-2-1-3-5-16/h1-11H,12-15H2,(H,24,26)(H,25,27). The summed E-state index contributed by atoms with van der Waals surface area (Å²) in [5.41, 5.74) is 1.14. The van der Waals surface area contributed by atoms with Gasteiger partial charge in [0.05, 0.1) is 6.54 Å². The Balaban J connectivity index is 1.38. The van der Waals surface area contributed by atoms with Crippen LogP contribution >= 0.6 is 15.9 Å². The van der Waals surface area contributed by atoms with Crippen molar-refractivity contribution in [2.24, 2.45) is 0 Å². The highest BCUT2D eigenvalue weighted by Crippen LogP contribution is 2.18. The topological polar surface area (TPSA) is 80.6 Å². The van der Waals surface area contributed by atoms with Crippen molar-refractivity contribution in [1.82, 2.24) is 10.6 Å². The first kappa shape index (κ1) is 20.7. The van der Waals surface area contributed by atoms with Crippen LogP contribution < -0.4 is 15.4 Å². The van der Waals surface area contributed by atoms with E-state index in [1.54, 1.807) is 12.1 Å². The largest absolute Gasteiger partial charge is 0.486 e. The van der Waals surface area contributed by atoms with E-state index < -0.39 is 5.91 Å². The van der Waals surface area contributed by atoms with Gasteiger partial charge in [-0.25, -0.2) is 0 Å². The van der Waals surface area contributed by atoms with E-state index in [4.69, 9.17) is 9.15 Å². The van der Waals surface area contributed by atoms with Crippen molar-refractivity contribution in [2.75, 3.05) is 13.1 Å². The molecule has 3 aromatic rings. The summed E-state index contributed by atoms with van der Waals surface area (Å²) in [5.74, 6) is 0.655. The minimum absolute atomic E-state index is 0.112. The molecule has 150 valence electrons. The fraction of sp³-hybridized carbons (Fsp3) is 0.182. The highest BCUT2D eigenvalue weighted by atomic mass is 79.9. The molecule has 6 nitrogen and oxygen atoms in total. The molecular formula is C22H21BrN2O4. The molecule has 0 spiro atoms. The Morgan fingerprint density at radius 3 is 2.45 bits per heavy atom. The second kappa shape index (κ2) is 10.5. The molecule has 0 radical (unpaired) electrons. The molecule has 29 heavy (non-hydrogen) atoms. The van der Waals surface area contributed by atoms with E-state index in [1.807, 2.05) is 54.6 Å². The molecule has 0 bridgehead atoms. The predicted octanol–water partition coefficient (Wildman–Crippen LogP) is 3.71. The van der Waals surface area contributed by atoms with Gasteiger partial charge in [0.25, 0.3) is 5.91 Å². The van der Waals surface area contributed by atoms with Crippen LogP contribution in [0.5, 0.6) is 5.75 Å². The zero-order valence-corrected chi connectivity index (χ0v) is 17.3. The number of amides is 2. The third kappa shape index (κ3) is 6.80. The third-order valence-electron chi connectivity index (χ3n) is 4.07. The second-order valence-electron chi connectivity index (χ2n) is 6.28. The average Bonchev–Trinajstić information content (AvgIpc) is 3.22. The van der Waals surface area contributed by atoms with E-state index >= 15 is 0 Å². The lowest BCUT2D eigenvalue weighted by Gasteiger charge is -2.06. The molecule has 1 heterocycles. The molecule has 0 unspecified atom stereocenters. The van der Waals surface area contributed by atoms with Gasteiger partial charge in [0.1, 0.15) is 18.1 Å². The van der Waals surface area contributed by atoms with Crippen LogP contribution in [-0.4, -0.2) is 24.9 Å². The van der Waals surface area contributed by atoms with E-state index in [0.717, 1.165) is 16.5 Å². The minimum atomic E-state index is -0.446. The summed E-state index contributed by atoms with van der Waals surface area (Å²) in [4.78, 5) is 24.0. The number of rotatable bonds is 9. The SMILES string of the molecule is O=C(CNC(=O)c1ccc(COc2ccc(Br)cc2)o1)NCCc1ccccc1. The van der Waals surface area contributed by atoms with E-state index in [-0.39, 0.29) is 24.8 Å². The molecule has 0 aliphatic rings. The van der Waals surface area contributed by atoms with Gasteiger partial charge < -0.3 is 19.8 Å². The van der Waals surface area contributed by atoms with Crippen LogP contribution in [0.15, 0.2) is 75.6 Å². The summed E-state index contributed by atoms with van der Waals surface area (Å²) in [6, 6.07) is 20.5. The Bertz CT molecular complexity index is 939. The number of benzene rings is 2. The Labute approximate surface area is 177 Å². The molecule has 1 aromatic heterocycles. The van der Waals surface area contributed by atoms with Gasteiger partial charge in [0.2, 0.25) is 5.91 Å². The fourth-order valence-electron chi connectivity index (χ4n) is 2.56. The van der Waals surface area contributed by atoms with E-state index in [0.29, 0.717) is 18.1 Å². The number of carbonyl (C=O) groups excluding carboxylic acids is 2. The monoisotopic (exact) mass is 456 g/mol. The Kier molecular flexibility index (Phi) is 7.47. The first-order valence-corrected chi connectivity index (χ1v) is 9.95. The third-order valence-corrected chi connectivity index (χ3v) is 4.60. The zero-order chi connectivity index (χ0) is 20.5. The van der Waals surface area contributed by atoms with Gasteiger partial charge in [0.15, 0.2) is 5.76 Å². The molecule has 0 saturated carbocycles. The highest BCUT2D eigenvalue weighted by Gasteiger charge is 2.13. The van der Waals surface area contributed by atoms with Crippen molar-refractivity contribution in [3.05, 3.63) is 88.3 Å². The smallest absolute Gasteiger partial charge is 0.287 e. The lowest BCUT2D eigenvalue weighted by atomic mass is 10.1. The maximum absolute atomic E-state index is 12.1. The molecular weight excluding hydrogens is 436 g/mol. The number of hydrogen-bond donors (Lipinski definition) is 2. The van der Waals surface area contributed by atoms with Gasteiger partial charge in [-0.2, -0.15) is 0 Å². The average molecular weight is 457 g/mol. The number of furan rings is 1. The molecule has 0 fully saturated rings. The van der Waals surface area contributed by atoms with Crippen molar-refractivity contribution in [3.63, 3.8) is 0 Å². The van der Waals surface area contributed by atoms with Crippen LogP contribution in [0.25, 0.3) is 0 Å². The van der Waals surface area contributed by atoms with Gasteiger partial charge in [-0.3, -0.25) is 9.59 Å². The number of halogens is 1. The van der Waals surface area contributed by atoms with Crippen LogP contribution in [0.4, 0.5) is 0 Å². The van der Waals surface area contributed by atoms with Gasteiger partial charge >= 0.3 is 0 Å². The maximum atomic E-state index is 12.1. The Morgan fingerprint density at radius 2 is 1.69 bits per heavy atom. The van der Waals surface area contributed by atoms with Crippen molar-refractivity contribution >= 4 is 27.7 Å². The lowest BCUT2D eigenvalue weighted by molar-refractivity contribution is -0.120. The van der Waals surface area contributed by atoms with Gasteiger partial charge in [0, 0.05) is 11.0 Å². The number of ether oxygens (including phenoxy) is 1. The predicted molar refractivity (Wildman–Crippen MR) is 113 cm³/mol. The Hall–Kier alpha value is -3.06. The van der Waals surface area contributed by atoms with E-state index in [2.05, 4.69) is 26.6 Å². The molecule has 3 rings (SSSR count). The number of nitrogens with one attached hydrogen (secondary N) is 2. The number of hydrogen-bond acceptors (Lipinski definition) is 4. The van der Waals surface area contributed by atoms with Crippen molar-refractivity contribution in [2.45, 2.75) is 13.0 Å². The van der Waals surface area contributed by atoms with Crippen LogP contribution in [0.3, 0.4) is 0 Å². The van der Waals surface area contributed by atoms with Crippen molar-refractivity contribution < 1.29 is 18.7 Å². The molecule has 0 atom stereocenters. The van der Waals surface area contributed by atoms with Crippen LogP contribution in [0, 0.1) is 0 Å². The fourth-order valence-corrected chi connectivity index (χ4v) is 2.83. The minimum Gasteiger partial charge on any atom is -0.486 e. The summed E-state index contributed by atoms with van der Waals surface area (Å²) in [6.07, 6.45) is 0.737. The number of carbonyl (C=O) groups is 2. The molecule has 0 aliphatic carbocycles. The molecule has 2 N–H and O–H groups in total. The summed E-state index contributed by atoms with van der Waals surface area (Å²) in [6.45, 7) is 0.602. The van der Waals surface area contributed by atoms with Crippen molar-refractivity contribution in [3.8, 4) is 5.75 Å². The van der Waals surface area contributed by atoms with Crippen molar-refractivity contribution in [1.29, 1.82) is 0 Å². The van der Waals surface area contributed by atoms with Gasteiger partial charge in [-0.05, 0) is 48.4 Å². The summed E-state index contributed by atoms with van der Waals surface area (Å²) in [7, 11) is 0. The highest BCUT2D eigenvalue weighted by molar-refractivity contribution is 9.10. The summed E-state index contributed by atoms with van der Waals surface area (Å²) in [5, 5.41) is 5.33. The lowest BCUT2D eigenvalue weighted by Crippen LogP contribution is -2.37. The van der Waals surface area contributed by atoms with Gasteiger partial charge in [-0.15, -0.1) is 0 Å². The van der Waals surface area contributed by atoms with E-state index in [1.165, 1.54) is 0 Å². The second-order valence-corrected chi connectivity index (χ2v) is 7.19. The Morgan fingerprint density at radius 1 is 0.931 bits per heavy atom. The first-order chi connectivity index (χ1) is 14.1. The molecule has 0 saturated heterocycles. The van der Waals surface area contributed by atoms with Gasteiger partial charge in [-0.1, -0.05) is 46.3 Å². The summed E-state index contributed by atoms with van der Waals surface area (Å²) >= 11 is 3.36. The molecule has 0 aliphatic heterocycles.